The molecule has 0 spiro atoms. The van der Waals surface area contributed by atoms with Crippen molar-refractivity contribution in [3.05, 3.63) is 56.7 Å². The highest BCUT2D eigenvalue weighted by Crippen LogP contribution is 2.26. The molecule has 0 aliphatic heterocycles. The van der Waals surface area contributed by atoms with Gasteiger partial charge in [0, 0.05) is 7.05 Å². The Morgan fingerprint density at radius 1 is 1.26 bits per heavy atom. The van der Waals surface area contributed by atoms with Gasteiger partial charge < -0.3 is 9.30 Å². The van der Waals surface area contributed by atoms with E-state index in [1.807, 2.05) is 0 Å². The van der Waals surface area contributed by atoms with Gasteiger partial charge in [-0.3, -0.25) is 9.52 Å². The topological polar surface area (TPSA) is 94.5 Å². The lowest BCUT2D eigenvalue weighted by Gasteiger charge is -2.10. The van der Waals surface area contributed by atoms with Crippen LogP contribution >= 0.6 is 22.9 Å². The zero-order chi connectivity index (χ0) is 19.8. The fraction of sp³-hybridized carbons (Fsp3) is 0.176. The first-order valence-corrected chi connectivity index (χ1v) is 10.5. The van der Waals surface area contributed by atoms with Crippen molar-refractivity contribution in [2.75, 3.05) is 11.3 Å². The number of ether oxygens (including phenoxy) is 1. The van der Waals surface area contributed by atoms with Gasteiger partial charge in [0.15, 0.2) is 0 Å². The average molecular weight is 427 g/mol. The van der Waals surface area contributed by atoms with Crippen molar-refractivity contribution in [2.24, 2.45) is 7.05 Å². The molecule has 0 saturated carbocycles. The molecule has 10 heteroatoms. The summed E-state index contributed by atoms with van der Waals surface area (Å²) in [6.45, 7) is 1.88. The van der Waals surface area contributed by atoms with E-state index >= 15 is 0 Å². The largest absolute Gasteiger partial charge is 0.462 e. The number of hydrogen-bond acceptors (Lipinski definition) is 6. The van der Waals surface area contributed by atoms with Gasteiger partial charge in [0.2, 0.25) is 0 Å². The van der Waals surface area contributed by atoms with Crippen molar-refractivity contribution in [1.82, 2.24) is 4.57 Å². The zero-order valence-corrected chi connectivity index (χ0v) is 16.7. The molecule has 0 unspecified atom stereocenters. The number of carbonyl (C=O) groups is 1. The van der Waals surface area contributed by atoms with Gasteiger partial charge >= 0.3 is 10.8 Å². The first kappa shape index (κ1) is 19.4. The van der Waals surface area contributed by atoms with E-state index in [0.717, 1.165) is 11.3 Å². The van der Waals surface area contributed by atoms with Crippen LogP contribution in [0.15, 0.2) is 46.1 Å². The summed E-state index contributed by atoms with van der Waals surface area (Å²) in [5.41, 5.74) is 1.01. The van der Waals surface area contributed by atoms with Gasteiger partial charge in [-0.25, -0.2) is 13.2 Å². The van der Waals surface area contributed by atoms with Crippen LogP contribution in [0.5, 0.6) is 0 Å². The monoisotopic (exact) mass is 426 g/mol. The molecule has 0 amide bonds. The summed E-state index contributed by atoms with van der Waals surface area (Å²) in [7, 11) is -2.27. The minimum Gasteiger partial charge on any atom is -0.462 e. The summed E-state index contributed by atoms with van der Waals surface area (Å²) < 4.78 is 34.6. The molecule has 1 aromatic heterocycles. The van der Waals surface area contributed by atoms with Gasteiger partial charge in [0.25, 0.3) is 10.0 Å². The van der Waals surface area contributed by atoms with Gasteiger partial charge in [-0.2, -0.15) is 0 Å². The molecule has 1 heterocycles. The van der Waals surface area contributed by atoms with Crippen molar-refractivity contribution in [1.29, 1.82) is 0 Å². The first-order valence-electron chi connectivity index (χ1n) is 7.82. The minimum absolute atomic E-state index is 0.0161. The summed E-state index contributed by atoms with van der Waals surface area (Å²) in [6.07, 6.45) is 0. The number of sulfonamides is 1. The highest BCUT2D eigenvalue weighted by Gasteiger charge is 2.18. The molecular formula is C17H15ClN2O5S2. The molecular weight excluding hydrogens is 412 g/mol. The second-order valence-electron chi connectivity index (χ2n) is 5.58. The third kappa shape index (κ3) is 3.85. The normalized spacial score (nSPS) is 11.5. The van der Waals surface area contributed by atoms with Crippen molar-refractivity contribution >= 4 is 54.8 Å². The molecule has 1 N–H and O–H groups in total. The third-order valence-electron chi connectivity index (χ3n) is 3.79. The Balaban J connectivity index is 1.91. The molecule has 0 radical (unpaired) electrons. The highest BCUT2D eigenvalue weighted by molar-refractivity contribution is 7.92. The van der Waals surface area contributed by atoms with Crippen molar-refractivity contribution in [2.45, 2.75) is 11.8 Å². The van der Waals surface area contributed by atoms with Crippen LogP contribution < -0.4 is 9.60 Å². The smallest absolute Gasteiger partial charge is 0.339 e. The van der Waals surface area contributed by atoms with Gasteiger partial charge in [-0.05, 0) is 43.3 Å². The number of carbonyl (C=O) groups excluding carboxylic acids is 1. The molecule has 0 bridgehead atoms. The Morgan fingerprint density at radius 3 is 2.67 bits per heavy atom. The lowest BCUT2D eigenvalue weighted by Crippen LogP contribution is -2.13. The van der Waals surface area contributed by atoms with Gasteiger partial charge in [-0.1, -0.05) is 22.9 Å². The summed E-state index contributed by atoms with van der Waals surface area (Å²) >= 11 is 7.03. The molecule has 0 aliphatic rings. The number of hydrogen-bond donors (Lipinski definition) is 1. The molecule has 0 aliphatic carbocycles. The lowest BCUT2D eigenvalue weighted by atomic mass is 10.2. The Morgan fingerprint density at radius 2 is 2.00 bits per heavy atom. The van der Waals surface area contributed by atoms with Gasteiger partial charge in [0.05, 0.1) is 38.0 Å². The van der Waals surface area contributed by atoms with Crippen LogP contribution in [0.25, 0.3) is 10.2 Å². The van der Waals surface area contributed by atoms with Crippen LogP contribution in [0, 0.1) is 0 Å². The molecule has 7 nitrogen and oxygen atoms in total. The van der Waals surface area contributed by atoms with Crippen LogP contribution in [0.3, 0.4) is 0 Å². The van der Waals surface area contributed by atoms with Crippen molar-refractivity contribution in [3.63, 3.8) is 0 Å². The number of nitrogens with one attached hydrogen (secondary N) is 1. The quantitative estimate of drug-likeness (QED) is 0.632. The van der Waals surface area contributed by atoms with E-state index in [4.69, 9.17) is 16.3 Å². The molecule has 0 saturated heterocycles. The molecule has 0 atom stereocenters. The van der Waals surface area contributed by atoms with Crippen LogP contribution in [0.1, 0.15) is 17.3 Å². The molecule has 3 rings (SSSR count). The summed E-state index contributed by atoms with van der Waals surface area (Å²) in [5, 5.41) is 0.0744. The van der Waals surface area contributed by atoms with Crippen LogP contribution in [0.4, 0.5) is 5.69 Å². The van der Waals surface area contributed by atoms with E-state index in [9.17, 15) is 18.0 Å². The zero-order valence-electron chi connectivity index (χ0n) is 14.4. The number of benzene rings is 2. The Kier molecular flexibility index (Phi) is 5.27. The first-order chi connectivity index (χ1) is 12.7. The SMILES string of the molecule is CCOC(=O)c1ccc(NS(=O)(=O)c2ccc3c(c2)sc(=O)n3C)cc1Cl. The van der Waals surface area contributed by atoms with E-state index in [1.165, 1.54) is 34.9 Å². The molecule has 2 aromatic carbocycles. The van der Waals surface area contributed by atoms with Crippen molar-refractivity contribution in [3.8, 4) is 0 Å². The number of aromatic nitrogens is 1. The number of fused-ring (bicyclic) bond motifs is 1. The number of anilines is 1. The predicted octanol–water partition coefficient (Wildman–Crippen LogP) is 3.23. The fourth-order valence-corrected chi connectivity index (χ4v) is 4.77. The lowest BCUT2D eigenvalue weighted by molar-refractivity contribution is 0.0526. The fourth-order valence-electron chi connectivity index (χ4n) is 2.45. The molecule has 27 heavy (non-hydrogen) atoms. The van der Waals surface area contributed by atoms with E-state index < -0.39 is 16.0 Å². The second-order valence-corrected chi connectivity index (χ2v) is 8.66. The summed E-state index contributed by atoms with van der Waals surface area (Å²) in [5.74, 6) is -0.582. The van der Waals surface area contributed by atoms with Crippen LogP contribution in [-0.4, -0.2) is 25.6 Å². The predicted molar refractivity (Wildman–Crippen MR) is 105 cm³/mol. The molecule has 0 fully saturated rings. The highest BCUT2D eigenvalue weighted by atomic mass is 35.5. The summed E-state index contributed by atoms with van der Waals surface area (Å²) in [4.78, 5) is 23.3. The van der Waals surface area contributed by atoms with Gasteiger partial charge in [0.1, 0.15) is 0 Å². The van der Waals surface area contributed by atoms with Gasteiger partial charge in [-0.15, -0.1) is 0 Å². The van der Waals surface area contributed by atoms with Crippen molar-refractivity contribution < 1.29 is 17.9 Å². The van der Waals surface area contributed by atoms with Crippen LogP contribution in [-0.2, 0) is 21.8 Å². The van der Waals surface area contributed by atoms with E-state index in [-0.39, 0.29) is 32.6 Å². The molecule has 142 valence electrons. The average Bonchev–Trinajstić information content (AvgIpc) is 2.88. The number of aryl methyl sites for hydroxylation is 1. The molecule has 3 aromatic rings. The second kappa shape index (κ2) is 7.34. The Hall–Kier alpha value is -2.36. The number of halogens is 1. The van der Waals surface area contributed by atoms with Crippen LogP contribution in [0.2, 0.25) is 5.02 Å². The van der Waals surface area contributed by atoms with E-state index in [0.29, 0.717) is 10.2 Å². The minimum atomic E-state index is -3.90. The number of nitrogens with zero attached hydrogens (tertiary/aromatic N) is 1. The summed E-state index contributed by atoms with van der Waals surface area (Å²) in [6, 6.07) is 8.60. The maximum Gasteiger partial charge on any atom is 0.339 e. The number of thiazole rings is 1. The standard InChI is InChI=1S/C17H15ClN2O5S2/c1-3-25-16(21)12-6-4-10(8-13(12)18)19-27(23,24)11-5-7-14-15(9-11)26-17(22)20(14)2/h4-9,19H,3H2,1-2H3. The number of esters is 1. The Labute approximate surface area is 164 Å². The maximum atomic E-state index is 12.6. The number of rotatable bonds is 5. The van der Waals surface area contributed by atoms with E-state index in [2.05, 4.69) is 4.72 Å². The van der Waals surface area contributed by atoms with E-state index in [1.54, 1.807) is 20.0 Å². The third-order valence-corrected chi connectivity index (χ3v) is 6.48. The maximum absolute atomic E-state index is 12.6. The Bertz CT molecular complexity index is 1200.